The van der Waals surface area contributed by atoms with Crippen molar-refractivity contribution in [3.63, 3.8) is 0 Å². The maximum atomic E-state index is 12.5. The van der Waals surface area contributed by atoms with Gasteiger partial charge in [0.1, 0.15) is 0 Å². The number of nitriles is 1. The van der Waals surface area contributed by atoms with E-state index in [-0.39, 0.29) is 11.3 Å². The molecule has 0 atom stereocenters. The minimum Gasteiger partial charge on any atom is -0.383 e. The second-order valence-corrected chi connectivity index (χ2v) is 5.81. The van der Waals surface area contributed by atoms with E-state index in [0.29, 0.717) is 29.2 Å². The Balaban J connectivity index is 2.60. The molecule has 0 bridgehead atoms. The van der Waals surface area contributed by atoms with Gasteiger partial charge in [0.2, 0.25) is 0 Å². The number of hydrogen-bond acceptors (Lipinski definition) is 5. The highest BCUT2D eigenvalue weighted by Gasteiger charge is 2.11. The Kier molecular flexibility index (Phi) is 5.17. The molecule has 1 heterocycles. The third kappa shape index (κ3) is 3.20. The second-order valence-electron chi connectivity index (χ2n) is 3.95. The van der Waals surface area contributed by atoms with Crippen LogP contribution in [0.1, 0.15) is 0 Å². The lowest BCUT2D eigenvalue weighted by Crippen LogP contribution is -2.25. The normalized spacial score (nSPS) is 10.7. The van der Waals surface area contributed by atoms with E-state index in [0.717, 1.165) is 4.47 Å². The fraction of sp³-hybridized carbons (Fsp3) is 0.308. The summed E-state index contributed by atoms with van der Waals surface area (Å²) in [5, 5.41) is 9.79. The zero-order valence-corrected chi connectivity index (χ0v) is 13.2. The van der Waals surface area contributed by atoms with Crippen molar-refractivity contribution in [3.05, 3.63) is 33.0 Å². The molecule has 0 radical (unpaired) electrons. The summed E-state index contributed by atoms with van der Waals surface area (Å²) in [5.74, 6) is 0.251. The molecule has 0 unspecified atom stereocenters. The van der Waals surface area contributed by atoms with E-state index in [2.05, 4.69) is 20.9 Å². The highest BCUT2D eigenvalue weighted by atomic mass is 79.9. The monoisotopic (exact) mass is 353 g/mol. The van der Waals surface area contributed by atoms with Gasteiger partial charge in [-0.3, -0.25) is 9.36 Å². The fourth-order valence-corrected chi connectivity index (χ4v) is 2.81. The van der Waals surface area contributed by atoms with Crippen LogP contribution in [0.4, 0.5) is 0 Å². The molecule has 104 valence electrons. The number of fused-ring (bicyclic) bond motifs is 1. The average molecular weight is 354 g/mol. The van der Waals surface area contributed by atoms with Crippen molar-refractivity contribution in [1.29, 1.82) is 5.26 Å². The topological polar surface area (TPSA) is 67.9 Å². The van der Waals surface area contributed by atoms with Gasteiger partial charge < -0.3 is 4.74 Å². The number of aromatic nitrogens is 2. The SMILES string of the molecule is COCCn1c(SCC#N)nc2ccc(Br)cc2c1=O. The van der Waals surface area contributed by atoms with Crippen LogP contribution in [0.15, 0.2) is 32.6 Å². The van der Waals surface area contributed by atoms with Crippen molar-refractivity contribution in [3.8, 4) is 6.07 Å². The Morgan fingerprint density at radius 3 is 3.05 bits per heavy atom. The molecule has 1 aromatic carbocycles. The summed E-state index contributed by atoms with van der Waals surface area (Å²) in [6, 6.07) is 7.43. The molecule has 0 N–H and O–H groups in total. The van der Waals surface area contributed by atoms with E-state index in [9.17, 15) is 4.79 Å². The minimum absolute atomic E-state index is 0.117. The van der Waals surface area contributed by atoms with Gasteiger partial charge in [-0.05, 0) is 18.2 Å². The van der Waals surface area contributed by atoms with E-state index >= 15 is 0 Å². The van der Waals surface area contributed by atoms with Gasteiger partial charge in [0.05, 0.1) is 35.9 Å². The molecule has 0 aliphatic rings. The molecule has 0 saturated carbocycles. The number of hydrogen-bond donors (Lipinski definition) is 0. The first kappa shape index (κ1) is 15.0. The molecule has 5 nitrogen and oxygen atoms in total. The predicted molar refractivity (Wildman–Crippen MR) is 81.9 cm³/mol. The van der Waals surface area contributed by atoms with Crippen molar-refractivity contribution in [1.82, 2.24) is 9.55 Å². The molecule has 0 aliphatic carbocycles. The molecule has 0 fully saturated rings. The molecule has 1 aromatic heterocycles. The number of rotatable bonds is 5. The summed E-state index contributed by atoms with van der Waals surface area (Å²) in [5.41, 5.74) is 0.515. The van der Waals surface area contributed by atoms with E-state index in [4.69, 9.17) is 10.00 Å². The van der Waals surface area contributed by atoms with Crippen molar-refractivity contribution in [2.75, 3.05) is 19.5 Å². The lowest BCUT2D eigenvalue weighted by Gasteiger charge is -2.11. The second kappa shape index (κ2) is 6.88. The molecule has 2 rings (SSSR count). The van der Waals surface area contributed by atoms with Crippen molar-refractivity contribution in [2.45, 2.75) is 11.7 Å². The Morgan fingerprint density at radius 2 is 2.35 bits per heavy atom. The van der Waals surface area contributed by atoms with Gasteiger partial charge >= 0.3 is 0 Å². The first-order chi connectivity index (χ1) is 9.67. The average Bonchev–Trinajstić information content (AvgIpc) is 2.45. The van der Waals surface area contributed by atoms with E-state index in [1.54, 1.807) is 23.8 Å². The Labute approximate surface area is 128 Å². The third-order valence-corrected chi connectivity index (χ3v) is 4.00. The molecule has 7 heteroatoms. The molecule has 0 amide bonds. The van der Waals surface area contributed by atoms with Crippen LogP contribution in [0.5, 0.6) is 0 Å². The van der Waals surface area contributed by atoms with Crippen molar-refractivity contribution >= 4 is 38.6 Å². The molecular weight excluding hydrogens is 342 g/mol. The van der Waals surface area contributed by atoms with Crippen LogP contribution >= 0.6 is 27.7 Å². The van der Waals surface area contributed by atoms with Crippen LogP contribution in [0.2, 0.25) is 0 Å². The Hall–Kier alpha value is -1.36. The van der Waals surface area contributed by atoms with Gasteiger partial charge in [0, 0.05) is 11.6 Å². The number of methoxy groups -OCH3 is 1. The lowest BCUT2D eigenvalue weighted by molar-refractivity contribution is 0.183. The number of thioether (sulfide) groups is 1. The van der Waals surface area contributed by atoms with Crippen molar-refractivity contribution in [2.24, 2.45) is 0 Å². The maximum absolute atomic E-state index is 12.5. The summed E-state index contributed by atoms with van der Waals surface area (Å²) in [4.78, 5) is 17.0. The molecule has 2 aromatic rings. The molecule has 0 aliphatic heterocycles. The van der Waals surface area contributed by atoms with Gasteiger partial charge in [-0.1, -0.05) is 27.7 Å². The third-order valence-electron chi connectivity index (χ3n) is 2.67. The van der Waals surface area contributed by atoms with Crippen LogP contribution in [0, 0.1) is 11.3 Å². The zero-order chi connectivity index (χ0) is 14.5. The van der Waals surface area contributed by atoms with Crippen molar-refractivity contribution < 1.29 is 4.74 Å². The van der Waals surface area contributed by atoms with Gasteiger partial charge in [-0.2, -0.15) is 5.26 Å². The van der Waals surface area contributed by atoms with Crippen LogP contribution < -0.4 is 5.56 Å². The van der Waals surface area contributed by atoms with Crippen LogP contribution in [-0.4, -0.2) is 29.0 Å². The first-order valence-electron chi connectivity index (χ1n) is 5.86. The summed E-state index contributed by atoms with van der Waals surface area (Å²) in [7, 11) is 1.58. The van der Waals surface area contributed by atoms with E-state index in [1.807, 2.05) is 12.1 Å². The van der Waals surface area contributed by atoms with Gasteiger partial charge in [-0.25, -0.2) is 4.98 Å². The fourth-order valence-electron chi connectivity index (χ4n) is 1.76. The summed E-state index contributed by atoms with van der Waals surface area (Å²) in [6.07, 6.45) is 0. The van der Waals surface area contributed by atoms with E-state index < -0.39 is 0 Å². The number of nitrogens with zero attached hydrogens (tertiary/aromatic N) is 3. The number of benzene rings is 1. The van der Waals surface area contributed by atoms with E-state index in [1.165, 1.54) is 11.8 Å². The Bertz CT molecular complexity index is 724. The van der Waals surface area contributed by atoms with Crippen LogP contribution in [-0.2, 0) is 11.3 Å². The number of ether oxygens (including phenoxy) is 1. The van der Waals surface area contributed by atoms with Crippen LogP contribution in [0.3, 0.4) is 0 Å². The quantitative estimate of drug-likeness (QED) is 0.609. The summed E-state index contributed by atoms with van der Waals surface area (Å²) >= 11 is 4.61. The zero-order valence-electron chi connectivity index (χ0n) is 10.8. The molecular formula is C13H12BrN3O2S. The first-order valence-corrected chi connectivity index (χ1v) is 7.64. The molecule has 0 saturated heterocycles. The largest absolute Gasteiger partial charge is 0.383 e. The Morgan fingerprint density at radius 1 is 1.55 bits per heavy atom. The van der Waals surface area contributed by atoms with Gasteiger partial charge in [0.15, 0.2) is 5.16 Å². The molecule has 0 spiro atoms. The summed E-state index contributed by atoms with van der Waals surface area (Å²) < 4.78 is 7.41. The maximum Gasteiger partial charge on any atom is 0.262 e. The number of halogens is 1. The predicted octanol–water partition coefficient (Wildman–Crippen LogP) is 2.42. The lowest BCUT2D eigenvalue weighted by atomic mass is 10.2. The minimum atomic E-state index is -0.117. The van der Waals surface area contributed by atoms with Gasteiger partial charge in [0.25, 0.3) is 5.56 Å². The summed E-state index contributed by atoms with van der Waals surface area (Å²) in [6.45, 7) is 0.833. The van der Waals surface area contributed by atoms with Crippen LogP contribution in [0.25, 0.3) is 10.9 Å². The highest BCUT2D eigenvalue weighted by Crippen LogP contribution is 2.20. The highest BCUT2D eigenvalue weighted by molar-refractivity contribution is 9.10. The smallest absolute Gasteiger partial charge is 0.262 e. The molecule has 20 heavy (non-hydrogen) atoms. The van der Waals surface area contributed by atoms with Gasteiger partial charge in [-0.15, -0.1) is 0 Å². The standard InChI is InChI=1S/C13H12BrN3O2S/c1-19-6-5-17-12(18)10-8-9(14)2-3-11(10)16-13(17)20-7-4-15/h2-3,8H,5-7H2,1H3.